The minimum absolute atomic E-state index is 0.0973. The third-order valence-corrected chi connectivity index (χ3v) is 5.91. The number of ether oxygens (including phenoxy) is 3. The lowest BCUT2D eigenvalue weighted by Crippen LogP contribution is -2.17. The van der Waals surface area contributed by atoms with Gasteiger partial charge in [0.15, 0.2) is 6.61 Å². The monoisotopic (exact) mass is 456 g/mol. The van der Waals surface area contributed by atoms with Gasteiger partial charge in [-0.15, -0.1) is 11.3 Å². The molecule has 3 aromatic rings. The smallest absolute Gasteiger partial charge is 0.338 e. The molecule has 1 atom stereocenters. The lowest BCUT2D eigenvalue weighted by molar-refractivity contribution is 0.0474. The number of hydrogen-bond donors (Lipinski definition) is 0. The Labute approximate surface area is 192 Å². The van der Waals surface area contributed by atoms with Crippen molar-refractivity contribution in [1.82, 2.24) is 9.55 Å². The molecule has 7 nitrogen and oxygen atoms in total. The molecular weight excluding hydrogens is 428 g/mol. The molecule has 8 heteroatoms. The van der Waals surface area contributed by atoms with E-state index in [1.54, 1.807) is 42.7 Å². The second-order valence-corrected chi connectivity index (χ2v) is 8.70. The highest BCUT2D eigenvalue weighted by Crippen LogP contribution is 2.22. The molecule has 0 saturated carbocycles. The van der Waals surface area contributed by atoms with Crippen molar-refractivity contribution in [2.45, 2.75) is 40.3 Å². The molecule has 2 heterocycles. The summed E-state index contributed by atoms with van der Waals surface area (Å²) in [7, 11) is 1.65. The van der Waals surface area contributed by atoms with E-state index in [1.165, 1.54) is 0 Å². The van der Waals surface area contributed by atoms with Gasteiger partial charge in [-0.1, -0.05) is 6.07 Å². The molecule has 0 saturated heterocycles. The van der Waals surface area contributed by atoms with Gasteiger partial charge >= 0.3 is 5.97 Å². The summed E-state index contributed by atoms with van der Waals surface area (Å²) in [5.41, 5.74) is 3.50. The van der Waals surface area contributed by atoms with Crippen LogP contribution in [0.25, 0.3) is 0 Å². The van der Waals surface area contributed by atoms with E-state index in [4.69, 9.17) is 14.2 Å². The number of carbonyl (C=O) groups excluding carboxylic acids is 2. The van der Waals surface area contributed by atoms with Crippen LogP contribution in [0.4, 0.5) is 0 Å². The largest absolute Gasteiger partial charge is 0.487 e. The van der Waals surface area contributed by atoms with E-state index in [-0.39, 0.29) is 18.4 Å². The fourth-order valence-corrected chi connectivity index (χ4v) is 4.29. The fourth-order valence-electron chi connectivity index (χ4n) is 3.69. The van der Waals surface area contributed by atoms with Gasteiger partial charge in [0, 0.05) is 29.4 Å². The summed E-state index contributed by atoms with van der Waals surface area (Å²) >= 11 is 1.56. The molecule has 0 amide bonds. The second-order valence-electron chi connectivity index (χ2n) is 7.63. The third kappa shape index (κ3) is 5.63. The summed E-state index contributed by atoms with van der Waals surface area (Å²) in [6.45, 7) is 8.33. The maximum atomic E-state index is 12.7. The standard InChI is InChI=1S/C24H28N2O5S/c1-15-9-22(17(3)26(15)16(2)11-29-5)23(27)13-31-24(28)19-7-6-8-21(10-19)30-12-20-14-32-18(4)25-20/h6-10,14,16H,11-13H2,1-5H3. The van der Waals surface area contributed by atoms with Gasteiger partial charge in [0.25, 0.3) is 0 Å². The molecule has 2 aromatic heterocycles. The highest BCUT2D eigenvalue weighted by atomic mass is 32.1. The molecule has 0 aliphatic carbocycles. The number of aromatic nitrogens is 2. The van der Waals surface area contributed by atoms with Gasteiger partial charge in [-0.3, -0.25) is 4.79 Å². The molecule has 3 rings (SSSR count). The van der Waals surface area contributed by atoms with Gasteiger partial charge in [-0.05, 0) is 52.0 Å². The summed E-state index contributed by atoms with van der Waals surface area (Å²) in [6.07, 6.45) is 0. The normalized spacial score (nSPS) is 11.9. The van der Waals surface area contributed by atoms with Gasteiger partial charge in [-0.25, -0.2) is 9.78 Å². The molecule has 0 fully saturated rings. The van der Waals surface area contributed by atoms with E-state index in [0.29, 0.717) is 30.1 Å². The van der Waals surface area contributed by atoms with Crippen LogP contribution in [-0.2, 0) is 16.1 Å². The molecule has 0 aliphatic rings. The van der Waals surface area contributed by atoms with Crippen molar-refractivity contribution in [3.8, 4) is 5.75 Å². The van der Waals surface area contributed by atoms with Gasteiger partial charge in [0.1, 0.15) is 12.4 Å². The average Bonchev–Trinajstić information content (AvgIpc) is 3.32. The van der Waals surface area contributed by atoms with E-state index >= 15 is 0 Å². The number of aryl methyl sites for hydroxylation is 2. The Morgan fingerprint density at radius 3 is 2.66 bits per heavy atom. The van der Waals surface area contributed by atoms with Crippen molar-refractivity contribution in [2.75, 3.05) is 20.3 Å². The Kier molecular flexibility index (Phi) is 7.82. The Balaban J connectivity index is 1.61. The van der Waals surface area contributed by atoms with Crippen LogP contribution >= 0.6 is 11.3 Å². The van der Waals surface area contributed by atoms with Crippen LogP contribution in [0.3, 0.4) is 0 Å². The van der Waals surface area contributed by atoms with Crippen LogP contribution in [0, 0.1) is 20.8 Å². The fraction of sp³-hybridized carbons (Fsp3) is 0.375. The number of esters is 1. The van der Waals surface area contributed by atoms with E-state index in [1.807, 2.05) is 39.1 Å². The van der Waals surface area contributed by atoms with Crippen LogP contribution in [0.1, 0.15) is 55.8 Å². The molecule has 170 valence electrons. The van der Waals surface area contributed by atoms with Crippen LogP contribution in [0.5, 0.6) is 5.75 Å². The number of thiazole rings is 1. The highest BCUT2D eigenvalue weighted by molar-refractivity contribution is 7.09. The van der Waals surface area contributed by atoms with Crippen molar-refractivity contribution in [2.24, 2.45) is 0 Å². The van der Waals surface area contributed by atoms with Gasteiger partial charge in [0.2, 0.25) is 5.78 Å². The first kappa shape index (κ1) is 23.7. The van der Waals surface area contributed by atoms with Gasteiger partial charge < -0.3 is 18.8 Å². The topological polar surface area (TPSA) is 79.7 Å². The van der Waals surface area contributed by atoms with E-state index in [0.717, 1.165) is 22.1 Å². The lowest BCUT2D eigenvalue weighted by atomic mass is 10.1. The zero-order valence-corrected chi connectivity index (χ0v) is 19.8. The maximum Gasteiger partial charge on any atom is 0.338 e. The second kappa shape index (κ2) is 10.6. The molecule has 1 unspecified atom stereocenters. The van der Waals surface area contributed by atoms with Gasteiger partial charge in [0.05, 0.1) is 28.9 Å². The number of hydrogen-bond acceptors (Lipinski definition) is 7. The first-order chi connectivity index (χ1) is 15.3. The molecule has 0 spiro atoms. The van der Waals surface area contributed by atoms with Crippen molar-refractivity contribution in [3.63, 3.8) is 0 Å². The SMILES string of the molecule is COCC(C)n1c(C)cc(C(=O)COC(=O)c2cccc(OCc3csc(C)n3)c2)c1C. The van der Waals surface area contributed by atoms with E-state index < -0.39 is 5.97 Å². The maximum absolute atomic E-state index is 12.7. The number of benzene rings is 1. The number of carbonyl (C=O) groups is 2. The zero-order chi connectivity index (χ0) is 23.3. The molecule has 0 aliphatic heterocycles. The van der Waals surface area contributed by atoms with Crippen molar-refractivity contribution < 1.29 is 23.8 Å². The number of rotatable bonds is 10. The van der Waals surface area contributed by atoms with Crippen LogP contribution in [-0.4, -0.2) is 41.6 Å². The molecule has 1 aromatic carbocycles. The predicted molar refractivity (Wildman–Crippen MR) is 123 cm³/mol. The predicted octanol–water partition coefficient (Wildman–Crippen LogP) is 4.70. The summed E-state index contributed by atoms with van der Waals surface area (Å²) in [5, 5.41) is 2.91. The number of methoxy groups -OCH3 is 1. The highest BCUT2D eigenvalue weighted by Gasteiger charge is 2.20. The Morgan fingerprint density at radius 2 is 1.97 bits per heavy atom. The number of ketones is 1. The Morgan fingerprint density at radius 1 is 1.19 bits per heavy atom. The minimum Gasteiger partial charge on any atom is -0.487 e. The van der Waals surface area contributed by atoms with Gasteiger partial charge in [-0.2, -0.15) is 0 Å². The van der Waals surface area contributed by atoms with Crippen LogP contribution < -0.4 is 4.74 Å². The quantitative estimate of drug-likeness (QED) is 0.325. The summed E-state index contributed by atoms with van der Waals surface area (Å²) in [5.74, 6) is -0.282. The van der Waals surface area contributed by atoms with Crippen molar-refractivity contribution in [3.05, 3.63) is 68.9 Å². The molecular formula is C24H28N2O5S. The van der Waals surface area contributed by atoms with Crippen LogP contribution in [0.2, 0.25) is 0 Å². The number of nitrogens with zero attached hydrogens (tertiary/aromatic N) is 2. The van der Waals surface area contributed by atoms with Crippen LogP contribution in [0.15, 0.2) is 35.7 Å². The van der Waals surface area contributed by atoms with Crippen molar-refractivity contribution in [1.29, 1.82) is 0 Å². The zero-order valence-electron chi connectivity index (χ0n) is 19.0. The lowest BCUT2D eigenvalue weighted by Gasteiger charge is -2.17. The summed E-state index contributed by atoms with van der Waals surface area (Å²) < 4.78 is 18.3. The first-order valence-corrected chi connectivity index (χ1v) is 11.2. The number of Topliss-reactive ketones (excluding diaryl/α,β-unsaturated/α-hetero) is 1. The molecule has 0 N–H and O–H groups in total. The average molecular weight is 457 g/mol. The first-order valence-electron chi connectivity index (χ1n) is 10.3. The Hall–Kier alpha value is -2.97. The third-order valence-electron chi connectivity index (χ3n) is 5.09. The van der Waals surface area contributed by atoms with Crippen molar-refractivity contribution >= 4 is 23.1 Å². The minimum atomic E-state index is -0.574. The molecule has 0 bridgehead atoms. The molecule has 32 heavy (non-hydrogen) atoms. The van der Waals surface area contributed by atoms with E-state index in [2.05, 4.69) is 9.55 Å². The molecule has 0 radical (unpaired) electrons. The van der Waals surface area contributed by atoms with E-state index in [9.17, 15) is 9.59 Å². The Bertz CT molecular complexity index is 1100. The summed E-state index contributed by atoms with van der Waals surface area (Å²) in [6, 6.07) is 8.63. The summed E-state index contributed by atoms with van der Waals surface area (Å²) in [4.78, 5) is 29.6.